The zero-order chi connectivity index (χ0) is 16.5. The highest BCUT2D eigenvalue weighted by Crippen LogP contribution is 2.25. The van der Waals surface area contributed by atoms with E-state index in [0.717, 1.165) is 30.6 Å². The number of ether oxygens (including phenoxy) is 2. The molecule has 0 radical (unpaired) electrons. The lowest BCUT2D eigenvalue weighted by molar-refractivity contribution is -0.111. The van der Waals surface area contributed by atoms with Gasteiger partial charge in [-0.3, -0.25) is 14.1 Å². The molecule has 0 aliphatic carbocycles. The molecule has 2 aliphatic heterocycles. The number of pyridine rings is 1. The largest absolute Gasteiger partial charge is 0.349 e. The average Bonchev–Trinajstić information content (AvgIpc) is 3.10. The number of hydrogen-bond donors (Lipinski definition) is 0. The van der Waals surface area contributed by atoms with Gasteiger partial charge in [-0.1, -0.05) is 12.5 Å². The van der Waals surface area contributed by atoms with Crippen molar-refractivity contribution in [2.45, 2.75) is 45.1 Å². The van der Waals surface area contributed by atoms with Crippen LogP contribution in [-0.2, 0) is 16.0 Å². The third kappa shape index (κ3) is 3.09. The Kier molecular flexibility index (Phi) is 4.35. The van der Waals surface area contributed by atoms with E-state index in [1.807, 2.05) is 25.3 Å². The van der Waals surface area contributed by atoms with Gasteiger partial charge in [0, 0.05) is 18.8 Å². The van der Waals surface area contributed by atoms with Gasteiger partial charge in [0.15, 0.2) is 6.29 Å². The molecule has 6 nitrogen and oxygen atoms in total. The lowest BCUT2D eigenvalue weighted by atomic mass is 10.0. The molecule has 0 aromatic carbocycles. The van der Waals surface area contributed by atoms with E-state index in [4.69, 9.17) is 9.47 Å². The van der Waals surface area contributed by atoms with E-state index in [1.54, 1.807) is 10.5 Å². The minimum Gasteiger partial charge on any atom is -0.349 e. The van der Waals surface area contributed by atoms with Gasteiger partial charge in [0.1, 0.15) is 5.65 Å². The van der Waals surface area contributed by atoms with Crippen LogP contribution in [0.25, 0.3) is 5.65 Å². The standard InChI is InChI=1S/C18H23N3O3/c1-13-5-6-16-19-14(10-17(22)21(16)11-13)12-20-7-3-2-4-15(20)18-23-8-9-24-18/h5-6,10-11,15,18H,2-4,7-9,12H2,1H3/t15-/m1/s1. The molecule has 128 valence electrons. The quantitative estimate of drug-likeness (QED) is 0.858. The Morgan fingerprint density at radius 1 is 1.25 bits per heavy atom. The van der Waals surface area contributed by atoms with E-state index in [-0.39, 0.29) is 17.9 Å². The molecule has 0 saturated carbocycles. The van der Waals surface area contributed by atoms with Crippen LogP contribution >= 0.6 is 0 Å². The number of likely N-dealkylation sites (tertiary alicyclic amines) is 1. The molecule has 0 amide bonds. The van der Waals surface area contributed by atoms with Crippen LogP contribution < -0.4 is 5.56 Å². The maximum absolute atomic E-state index is 12.4. The monoisotopic (exact) mass is 329 g/mol. The first-order valence-electron chi connectivity index (χ1n) is 8.67. The summed E-state index contributed by atoms with van der Waals surface area (Å²) in [6.45, 7) is 4.96. The number of nitrogens with zero attached hydrogens (tertiary/aromatic N) is 3. The van der Waals surface area contributed by atoms with E-state index in [2.05, 4.69) is 9.88 Å². The van der Waals surface area contributed by atoms with Crippen molar-refractivity contribution < 1.29 is 9.47 Å². The molecule has 2 saturated heterocycles. The van der Waals surface area contributed by atoms with Crippen LogP contribution in [0.2, 0.25) is 0 Å². The smallest absolute Gasteiger partial charge is 0.258 e. The second kappa shape index (κ2) is 6.63. The second-order valence-electron chi connectivity index (χ2n) is 6.66. The van der Waals surface area contributed by atoms with Gasteiger partial charge in [0.05, 0.1) is 24.9 Å². The molecule has 24 heavy (non-hydrogen) atoms. The Hall–Kier alpha value is -1.76. The Morgan fingerprint density at radius 3 is 2.92 bits per heavy atom. The summed E-state index contributed by atoms with van der Waals surface area (Å²) in [7, 11) is 0. The molecule has 2 fully saturated rings. The fourth-order valence-corrected chi connectivity index (χ4v) is 3.67. The van der Waals surface area contributed by atoms with Gasteiger partial charge in [0.25, 0.3) is 5.56 Å². The lowest BCUT2D eigenvalue weighted by Crippen LogP contribution is -2.47. The van der Waals surface area contributed by atoms with Crippen LogP contribution in [0.5, 0.6) is 0 Å². The summed E-state index contributed by atoms with van der Waals surface area (Å²) in [4.78, 5) is 19.4. The molecule has 2 aromatic rings. The zero-order valence-electron chi connectivity index (χ0n) is 14.0. The summed E-state index contributed by atoms with van der Waals surface area (Å²) in [5.41, 5.74) is 2.53. The van der Waals surface area contributed by atoms with Crippen LogP contribution in [0, 0.1) is 6.92 Å². The average molecular weight is 329 g/mol. The molecule has 0 bridgehead atoms. The normalized spacial score (nSPS) is 23.1. The van der Waals surface area contributed by atoms with E-state index < -0.39 is 0 Å². The van der Waals surface area contributed by atoms with Crippen LogP contribution in [0.1, 0.15) is 30.5 Å². The summed E-state index contributed by atoms with van der Waals surface area (Å²) in [6, 6.07) is 5.78. The van der Waals surface area contributed by atoms with Crippen LogP contribution in [0.4, 0.5) is 0 Å². The van der Waals surface area contributed by atoms with Gasteiger partial charge in [-0.05, 0) is 37.9 Å². The fourth-order valence-electron chi connectivity index (χ4n) is 3.67. The summed E-state index contributed by atoms with van der Waals surface area (Å²) >= 11 is 0. The van der Waals surface area contributed by atoms with Gasteiger partial charge in [0.2, 0.25) is 0 Å². The summed E-state index contributed by atoms with van der Waals surface area (Å²) in [5, 5.41) is 0. The predicted octanol–water partition coefficient (Wildman–Crippen LogP) is 1.73. The molecule has 2 aliphatic rings. The van der Waals surface area contributed by atoms with Crippen molar-refractivity contribution in [1.82, 2.24) is 14.3 Å². The first-order chi connectivity index (χ1) is 11.7. The third-order valence-electron chi connectivity index (χ3n) is 4.85. The maximum atomic E-state index is 12.4. The molecular weight excluding hydrogens is 306 g/mol. The highest BCUT2D eigenvalue weighted by atomic mass is 16.7. The number of aryl methyl sites for hydroxylation is 1. The van der Waals surface area contributed by atoms with Gasteiger partial charge in [-0.2, -0.15) is 0 Å². The molecule has 4 heterocycles. The van der Waals surface area contributed by atoms with Crippen molar-refractivity contribution in [3.05, 3.63) is 46.0 Å². The topological polar surface area (TPSA) is 56.1 Å². The highest BCUT2D eigenvalue weighted by Gasteiger charge is 2.33. The van der Waals surface area contributed by atoms with Crippen molar-refractivity contribution in [1.29, 1.82) is 0 Å². The second-order valence-corrected chi connectivity index (χ2v) is 6.66. The molecule has 0 unspecified atom stereocenters. The van der Waals surface area contributed by atoms with Crippen LogP contribution in [-0.4, -0.2) is 46.4 Å². The molecule has 6 heteroatoms. The molecular formula is C18H23N3O3. The SMILES string of the molecule is Cc1ccc2nc(CN3CCCC[C@@H]3C3OCCO3)cc(=O)n2c1. The van der Waals surface area contributed by atoms with E-state index in [0.29, 0.717) is 25.4 Å². The van der Waals surface area contributed by atoms with Crippen LogP contribution in [0.3, 0.4) is 0 Å². The highest BCUT2D eigenvalue weighted by molar-refractivity contribution is 5.39. The van der Waals surface area contributed by atoms with E-state index >= 15 is 0 Å². The van der Waals surface area contributed by atoms with Gasteiger partial charge in [-0.25, -0.2) is 4.98 Å². The maximum Gasteiger partial charge on any atom is 0.258 e. The number of aromatic nitrogens is 2. The summed E-state index contributed by atoms with van der Waals surface area (Å²) in [5.74, 6) is 0. The minimum absolute atomic E-state index is 0.0272. The third-order valence-corrected chi connectivity index (χ3v) is 4.85. The van der Waals surface area contributed by atoms with Crippen molar-refractivity contribution in [2.24, 2.45) is 0 Å². The van der Waals surface area contributed by atoms with Crippen molar-refractivity contribution in [3.63, 3.8) is 0 Å². The zero-order valence-corrected chi connectivity index (χ0v) is 14.0. The first kappa shape index (κ1) is 15.7. The fraction of sp³-hybridized carbons (Fsp3) is 0.556. The van der Waals surface area contributed by atoms with E-state index in [9.17, 15) is 4.79 Å². The van der Waals surface area contributed by atoms with Crippen molar-refractivity contribution in [3.8, 4) is 0 Å². The Balaban J connectivity index is 1.60. The molecule has 1 atom stereocenters. The number of hydrogen-bond acceptors (Lipinski definition) is 5. The molecule has 2 aromatic heterocycles. The minimum atomic E-state index is -0.144. The number of rotatable bonds is 3. The summed E-state index contributed by atoms with van der Waals surface area (Å²) in [6.07, 6.45) is 5.11. The Labute approximate surface area is 141 Å². The Morgan fingerprint density at radius 2 is 2.08 bits per heavy atom. The number of fused-ring (bicyclic) bond motifs is 1. The molecule has 0 N–H and O–H groups in total. The van der Waals surface area contributed by atoms with Crippen LogP contribution in [0.15, 0.2) is 29.2 Å². The van der Waals surface area contributed by atoms with Crippen molar-refractivity contribution in [2.75, 3.05) is 19.8 Å². The predicted molar refractivity (Wildman–Crippen MR) is 89.9 cm³/mol. The van der Waals surface area contributed by atoms with Crippen molar-refractivity contribution >= 4 is 5.65 Å². The molecule has 4 rings (SSSR count). The van der Waals surface area contributed by atoms with Gasteiger partial charge >= 0.3 is 0 Å². The van der Waals surface area contributed by atoms with Gasteiger partial charge < -0.3 is 9.47 Å². The van der Waals surface area contributed by atoms with E-state index in [1.165, 1.54) is 6.42 Å². The Bertz CT molecular complexity index is 783. The van der Waals surface area contributed by atoms with Gasteiger partial charge in [-0.15, -0.1) is 0 Å². The lowest BCUT2D eigenvalue weighted by Gasteiger charge is -2.37. The number of piperidine rings is 1. The first-order valence-corrected chi connectivity index (χ1v) is 8.67. The summed E-state index contributed by atoms with van der Waals surface area (Å²) < 4.78 is 13.0. The molecule has 0 spiro atoms.